The summed E-state index contributed by atoms with van der Waals surface area (Å²) in [5.41, 5.74) is 0.333. The first-order valence-corrected chi connectivity index (χ1v) is 8.35. The monoisotopic (exact) mass is 394 g/mol. The van der Waals surface area contributed by atoms with Crippen LogP contribution in [0.4, 0.5) is 13.2 Å². The summed E-state index contributed by atoms with van der Waals surface area (Å²) in [5, 5.41) is 9.05. The highest BCUT2D eigenvalue weighted by atomic mass is 35.5. The van der Waals surface area contributed by atoms with Crippen molar-refractivity contribution in [3.63, 3.8) is 0 Å². The lowest BCUT2D eigenvalue weighted by atomic mass is 10.2. The van der Waals surface area contributed by atoms with Crippen LogP contribution in [-0.4, -0.2) is 19.4 Å². The molecular formula is C14H10ClF3N2O4S. The standard InChI is InChI=1S/C14H10ClF3N2O4S/c15-10-6-5-8(14(16,17)18)7-12(10)25(23,24)20-19-13(22)9-3-1-2-4-11(9)21/h1-7,20-21H,(H,19,22). The van der Waals surface area contributed by atoms with Crippen LogP contribution in [0.15, 0.2) is 47.4 Å². The summed E-state index contributed by atoms with van der Waals surface area (Å²) in [6.07, 6.45) is -4.77. The van der Waals surface area contributed by atoms with Crippen LogP contribution in [0, 0.1) is 0 Å². The van der Waals surface area contributed by atoms with Crippen LogP contribution in [-0.2, 0) is 16.2 Å². The molecule has 2 aromatic rings. The Bertz CT molecular complexity index is 917. The number of nitrogens with one attached hydrogen (secondary N) is 2. The van der Waals surface area contributed by atoms with E-state index in [0.717, 1.165) is 6.07 Å². The van der Waals surface area contributed by atoms with Crippen molar-refractivity contribution in [1.29, 1.82) is 0 Å². The van der Waals surface area contributed by atoms with Crippen molar-refractivity contribution in [2.24, 2.45) is 0 Å². The molecule has 134 valence electrons. The Morgan fingerprint density at radius 1 is 1.12 bits per heavy atom. The predicted molar refractivity (Wildman–Crippen MR) is 82.3 cm³/mol. The lowest BCUT2D eigenvalue weighted by molar-refractivity contribution is -0.137. The van der Waals surface area contributed by atoms with E-state index in [9.17, 15) is 31.5 Å². The number of benzene rings is 2. The second-order valence-electron chi connectivity index (χ2n) is 4.72. The van der Waals surface area contributed by atoms with Gasteiger partial charge in [-0.3, -0.25) is 10.2 Å². The lowest BCUT2D eigenvalue weighted by Crippen LogP contribution is -2.41. The number of sulfonamides is 1. The third-order valence-electron chi connectivity index (χ3n) is 3.00. The first-order valence-electron chi connectivity index (χ1n) is 6.49. The van der Waals surface area contributed by atoms with Crippen molar-refractivity contribution in [2.45, 2.75) is 11.1 Å². The summed E-state index contributed by atoms with van der Waals surface area (Å²) in [6.45, 7) is 0. The fourth-order valence-electron chi connectivity index (χ4n) is 1.79. The Morgan fingerprint density at radius 3 is 2.36 bits per heavy atom. The SMILES string of the molecule is O=C(NNS(=O)(=O)c1cc(C(F)(F)F)ccc1Cl)c1ccccc1O. The molecule has 0 saturated heterocycles. The van der Waals surface area contributed by atoms with Crippen molar-refractivity contribution in [2.75, 3.05) is 0 Å². The number of carbonyl (C=O) groups excluding carboxylic acids is 1. The minimum Gasteiger partial charge on any atom is -0.507 e. The van der Waals surface area contributed by atoms with Gasteiger partial charge < -0.3 is 5.11 Å². The largest absolute Gasteiger partial charge is 0.507 e. The fraction of sp³-hybridized carbons (Fsp3) is 0.0714. The number of aromatic hydroxyl groups is 1. The number of hydrogen-bond acceptors (Lipinski definition) is 4. The first kappa shape index (κ1) is 19.0. The van der Waals surface area contributed by atoms with Gasteiger partial charge in [-0.05, 0) is 30.3 Å². The van der Waals surface area contributed by atoms with Crippen molar-refractivity contribution in [3.8, 4) is 5.75 Å². The van der Waals surface area contributed by atoms with Crippen molar-refractivity contribution in [3.05, 3.63) is 58.6 Å². The molecule has 0 fully saturated rings. The van der Waals surface area contributed by atoms with Gasteiger partial charge in [0.05, 0.1) is 16.1 Å². The van der Waals surface area contributed by atoms with Crippen LogP contribution in [0.25, 0.3) is 0 Å². The number of rotatable bonds is 4. The maximum atomic E-state index is 12.7. The quantitative estimate of drug-likeness (QED) is 0.695. The van der Waals surface area contributed by atoms with E-state index in [1.807, 2.05) is 0 Å². The van der Waals surface area contributed by atoms with Gasteiger partial charge in [-0.2, -0.15) is 13.2 Å². The van der Waals surface area contributed by atoms with Crippen LogP contribution in [0.1, 0.15) is 15.9 Å². The van der Waals surface area contributed by atoms with Crippen molar-refractivity contribution < 1.29 is 31.5 Å². The van der Waals surface area contributed by atoms with E-state index in [-0.39, 0.29) is 5.56 Å². The molecule has 0 aliphatic carbocycles. The topological polar surface area (TPSA) is 95.5 Å². The maximum absolute atomic E-state index is 12.7. The zero-order chi connectivity index (χ0) is 18.8. The number of halogens is 4. The highest BCUT2D eigenvalue weighted by Gasteiger charge is 2.32. The van der Waals surface area contributed by atoms with Gasteiger partial charge in [-0.25, -0.2) is 8.42 Å². The molecule has 0 heterocycles. The molecular weight excluding hydrogens is 385 g/mol. The molecule has 0 atom stereocenters. The summed E-state index contributed by atoms with van der Waals surface area (Å²) >= 11 is 5.65. The Labute approximate surface area is 145 Å². The molecule has 0 aliphatic rings. The number of hydrazine groups is 1. The van der Waals surface area contributed by atoms with Gasteiger partial charge >= 0.3 is 6.18 Å². The van der Waals surface area contributed by atoms with Gasteiger partial charge in [-0.15, -0.1) is 4.83 Å². The molecule has 11 heteroatoms. The van der Waals surface area contributed by atoms with E-state index in [1.54, 1.807) is 10.3 Å². The molecule has 3 N–H and O–H groups in total. The summed E-state index contributed by atoms with van der Waals surface area (Å²) < 4.78 is 62.4. The first-order chi connectivity index (χ1) is 11.5. The molecule has 25 heavy (non-hydrogen) atoms. The number of para-hydroxylation sites is 1. The van der Waals surface area contributed by atoms with Crippen LogP contribution in [0.3, 0.4) is 0 Å². The van der Waals surface area contributed by atoms with Gasteiger partial charge in [0.25, 0.3) is 15.9 Å². The summed E-state index contributed by atoms with van der Waals surface area (Å²) in [6, 6.07) is 7.04. The van der Waals surface area contributed by atoms with Gasteiger partial charge in [0.1, 0.15) is 10.6 Å². The molecule has 0 bridgehead atoms. The molecule has 6 nitrogen and oxygen atoms in total. The molecule has 0 aliphatic heterocycles. The number of alkyl halides is 3. The normalized spacial score (nSPS) is 12.0. The molecule has 2 rings (SSSR count). The molecule has 1 amide bonds. The fourth-order valence-corrected chi connectivity index (χ4v) is 3.15. The van der Waals surface area contributed by atoms with E-state index >= 15 is 0 Å². The average Bonchev–Trinajstić information content (AvgIpc) is 2.52. The van der Waals surface area contributed by atoms with E-state index in [0.29, 0.717) is 12.1 Å². The zero-order valence-electron chi connectivity index (χ0n) is 12.1. The van der Waals surface area contributed by atoms with Crippen LogP contribution >= 0.6 is 11.6 Å². The van der Waals surface area contributed by atoms with E-state index in [1.165, 1.54) is 24.3 Å². The molecule has 0 unspecified atom stereocenters. The zero-order valence-corrected chi connectivity index (χ0v) is 13.7. The number of phenols is 1. The number of phenolic OH excluding ortho intramolecular Hbond substituents is 1. The third kappa shape index (κ3) is 4.41. The van der Waals surface area contributed by atoms with E-state index < -0.39 is 43.3 Å². The van der Waals surface area contributed by atoms with Gasteiger partial charge in [0.15, 0.2) is 0 Å². The molecule has 0 spiro atoms. The second-order valence-corrected chi connectivity index (χ2v) is 6.78. The van der Waals surface area contributed by atoms with E-state index in [2.05, 4.69) is 0 Å². The van der Waals surface area contributed by atoms with Gasteiger partial charge in [0, 0.05) is 0 Å². The summed E-state index contributed by atoms with van der Waals surface area (Å²) in [5.74, 6) is -1.42. The van der Waals surface area contributed by atoms with Gasteiger partial charge in [0.2, 0.25) is 0 Å². The second kappa shape index (κ2) is 6.90. The minimum atomic E-state index is -4.77. The van der Waals surface area contributed by atoms with Crippen molar-refractivity contribution in [1.82, 2.24) is 10.3 Å². The number of amides is 1. The number of carbonyl (C=O) groups is 1. The third-order valence-corrected chi connectivity index (χ3v) is 4.72. The smallest absolute Gasteiger partial charge is 0.416 e. The molecule has 0 aromatic heterocycles. The predicted octanol–water partition coefficient (Wildman–Crippen LogP) is 2.69. The Kier molecular flexibility index (Phi) is 5.26. The maximum Gasteiger partial charge on any atom is 0.416 e. The lowest BCUT2D eigenvalue weighted by Gasteiger charge is -2.12. The Morgan fingerprint density at radius 2 is 1.76 bits per heavy atom. The summed E-state index contributed by atoms with van der Waals surface area (Å²) in [4.78, 5) is 12.6. The Balaban J connectivity index is 2.25. The highest BCUT2D eigenvalue weighted by Crippen LogP contribution is 2.33. The van der Waals surface area contributed by atoms with Crippen LogP contribution in [0.5, 0.6) is 5.75 Å². The molecule has 0 radical (unpaired) electrons. The summed E-state index contributed by atoms with van der Waals surface area (Å²) in [7, 11) is -4.59. The molecule has 0 saturated carbocycles. The van der Waals surface area contributed by atoms with E-state index in [4.69, 9.17) is 11.6 Å². The Hall–Kier alpha value is -2.30. The van der Waals surface area contributed by atoms with Crippen molar-refractivity contribution >= 4 is 27.5 Å². The molecule has 2 aromatic carbocycles. The minimum absolute atomic E-state index is 0.236. The average molecular weight is 395 g/mol. The van der Waals surface area contributed by atoms with Crippen LogP contribution < -0.4 is 10.3 Å². The number of hydrogen-bond donors (Lipinski definition) is 3. The highest BCUT2D eigenvalue weighted by molar-refractivity contribution is 7.89. The van der Waals surface area contributed by atoms with Gasteiger partial charge in [-0.1, -0.05) is 23.7 Å². The van der Waals surface area contributed by atoms with Crippen LogP contribution in [0.2, 0.25) is 5.02 Å².